The van der Waals surface area contributed by atoms with Crippen molar-refractivity contribution in [1.29, 1.82) is 0 Å². The van der Waals surface area contributed by atoms with E-state index in [0.29, 0.717) is 12.8 Å². The summed E-state index contributed by atoms with van der Waals surface area (Å²) >= 11 is 2.13. The zero-order valence-corrected chi connectivity index (χ0v) is 20.0. The van der Waals surface area contributed by atoms with Gasteiger partial charge in [0, 0.05) is 12.8 Å². The Labute approximate surface area is 184 Å². The lowest BCUT2D eigenvalue weighted by Gasteiger charge is -2.04. The Morgan fingerprint density at radius 2 is 0.759 bits per heavy atom. The predicted molar refractivity (Wildman–Crippen MR) is 124 cm³/mol. The smallest absolute Gasteiger partial charge is 0.305 e. The van der Waals surface area contributed by atoms with Crippen LogP contribution < -0.4 is 0 Å². The molecule has 0 radical (unpaired) electrons. The van der Waals surface area contributed by atoms with Crippen molar-refractivity contribution in [3.63, 3.8) is 0 Å². The second-order valence-electron chi connectivity index (χ2n) is 7.92. The van der Waals surface area contributed by atoms with Gasteiger partial charge in [0.2, 0.25) is 0 Å². The monoisotopic (exact) mass is 430 g/mol. The van der Waals surface area contributed by atoms with Crippen molar-refractivity contribution < 1.29 is 19.1 Å². The van der Waals surface area contributed by atoms with E-state index in [2.05, 4.69) is 21.2 Å². The number of ether oxygens (including phenoxy) is 2. The van der Waals surface area contributed by atoms with Crippen LogP contribution in [0.15, 0.2) is 0 Å². The van der Waals surface area contributed by atoms with Gasteiger partial charge in [0.15, 0.2) is 0 Å². The van der Waals surface area contributed by atoms with E-state index in [-0.39, 0.29) is 11.9 Å². The maximum atomic E-state index is 11.0. The molecule has 0 N–H and O–H groups in total. The molecule has 0 saturated heterocycles. The molecule has 5 heteroatoms. The molecule has 0 unspecified atom stereocenters. The zero-order valence-electron chi connectivity index (χ0n) is 19.2. The zero-order chi connectivity index (χ0) is 21.4. The van der Waals surface area contributed by atoms with Gasteiger partial charge in [-0.2, -0.15) is 11.8 Å². The quantitative estimate of drug-likeness (QED) is 0.136. The molecule has 0 aliphatic heterocycles. The third-order valence-corrected chi connectivity index (χ3v) is 6.45. The topological polar surface area (TPSA) is 52.6 Å². The van der Waals surface area contributed by atoms with Crippen molar-refractivity contribution >= 4 is 23.7 Å². The minimum absolute atomic E-state index is 0.0772. The molecule has 0 rings (SSSR count). The fourth-order valence-electron chi connectivity index (χ4n) is 3.37. The van der Waals surface area contributed by atoms with E-state index in [1.54, 1.807) is 0 Å². The van der Waals surface area contributed by atoms with Crippen LogP contribution in [0.4, 0.5) is 0 Å². The first-order valence-corrected chi connectivity index (χ1v) is 13.1. The molecule has 0 aromatic rings. The van der Waals surface area contributed by atoms with E-state index in [9.17, 15) is 9.59 Å². The first kappa shape index (κ1) is 28.3. The van der Waals surface area contributed by atoms with E-state index >= 15 is 0 Å². The molecule has 29 heavy (non-hydrogen) atoms. The van der Waals surface area contributed by atoms with Crippen molar-refractivity contribution in [2.24, 2.45) is 0 Å². The van der Waals surface area contributed by atoms with Crippen LogP contribution in [0.25, 0.3) is 0 Å². The number of unbranched alkanes of at least 4 members (excludes halogenated alkanes) is 14. The summed E-state index contributed by atoms with van der Waals surface area (Å²) in [4.78, 5) is 22.0. The first-order chi connectivity index (χ1) is 14.2. The molecule has 4 nitrogen and oxygen atoms in total. The molecule has 0 saturated carbocycles. The summed E-state index contributed by atoms with van der Waals surface area (Å²) < 4.78 is 9.29. The molecule has 0 amide bonds. The van der Waals surface area contributed by atoms with Crippen LogP contribution in [0.3, 0.4) is 0 Å². The average Bonchev–Trinajstić information content (AvgIpc) is 2.74. The van der Waals surface area contributed by atoms with Gasteiger partial charge in [0.05, 0.1) is 14.2 Å². The van der Waals surface area contributed by atoms with Crippen molar-refractivity contribution in [3.8, 4) is 0 Å². The number of rotatable bonds is 22. The van der Waals surface area contributed by atoms with Crippen LogP contribution in [0, 0.1) is 0 Å². The number of hydrogen-bond acceptors (Lipinski definition) is 5. The van der Waals surface area contributed by atoms with Gasteiger partial charge >= 0.3 is 11.9 Å². The minimum atomic E-state index is -0.0772. The molecule has 0 atom stereocenters. The van der Waals surface area contributed by atoms with Crippen LogP contribution in [0.1, 0.15) is 116 Å². The maximum absolute atomic E-state index is 11.0. The summed E-state index contributed by atoms with van der Waals surface area (Å²) in [6.45, 7) is 0. The molecule has 0 heterocycles. The summed E-state index contributed by atoms with van der Waals surface area (Å²) in [7, 11) is 2.92. The van der Waals surface area contributed by atoms with Crippen LogP contribution in [0.5, 0.6) is 0 Å². The Morgan fingerprint density at radius 3 is 1.07 bits per heavy atom. The van der Waals surface area contributed by atoms with Gasteiger partial charge in [0.25, 0.3) is 0 Å². The molecular formula is C24H46O4S. The standard InChI is InChI=1S/C24H46O4S/c1-27-23(25)19-15-11-7-3-5-9-13-17-21-29-22-18-14-10-6-4-8-12-16-20-24(26)28-2/h3-22H2,1-2H3. The minimum Gasteiger partial charge on any atom is -0.469 e. The summed E-state index contributed by atoms with van der Waals surface area (Å²) in [5, 5.41) is 0. The Hall–Kier alpha value is -0.710. The van der Waals surface area contributed by atoms with Gasteiger partial charge in [0.1, 0.15) is 0 Å². The highest BCUT2D eigenvalue weighted by Crippen LogP contribution is 2.15. The van der Waals surface area contributed by atoms with Crippen molar-refractivity contribution in [3.05, 3.63) is 0 Å². The van der Waals surface area contributed by atoms with E-state index in [1.807, 2.05) is 0 Å². The number of esters is 2. The Kier molecular flexibility index (Phi) is 23.0. The SMILES string of the molecule is COC(=O)CCCCCCCCCCSCCCCCCCCCCC(=O)OC. The summed E-state index contributed by atoms with van der Waals surface area (Å²) in [5.74, 6) is 2.48. The average molecular weight is 431 g/mol. The highest BCUT2D eigenvalue weighted by atomic mass is 32.2. The molecule has 0 aromatic carbocycles. The molecule has 0 spiro atoms. The van der Waals surface area contributed by atoms with Crippen LogP contribution in [0.2, 0.25) is 0 Å². The number of methoxy groups -OCH3 is 2. The highest BCUT2D eigenvalue weighted by Gasteiger charge is 2.00. The lowest BCUT2D eigenvalue weighted by Crippen LogP contribution is -1.99. The van der Waals surface area contributed by atoms with Gasteiger partial charge in [-0.3, -0.25) is 9.59 Å². The highest BCUT2D eigenvalue weighted by molar-refractivity contribution is 7.99. The van der Waals surface area contributed by atoms with E-state index in [4.69, 9.17) is 0 Å². The Bertz CT molecular complexity index is 340. The number of thioether (sulfide) groups is 1. The van der Waals surface area contributed by atoms with Crippen molar-refractivity contribution in [2.75, 3.05) is 25.7 Å². The lowest BCUT2D eigenvalue weighted by atomic mass is 10.1. The summed E-state index contributed by atoms with van der Waals surface area (Å²) in [6.07, 6.45) is 21.4. The fourth-order valence-corrected chi connectivity index (χ4v) is 4.40. The van der Waals surface area contributed by atoms with Gasteiger partial charge in [-0.1, -0.05) is 77.0 Å². The van der Waals surface area contributed by atoms with E-state index < -0.39 is 0 Å². The third kappa shape index (κ3) is 23.4. The van der Waals surface area contributed by atoms with Crippen LogP contribution >= 0.6 is 11.8 Å². The Morgan fingerprint density at radius 1 is 0.483 bits per heavy atom. The lowest BCUT2D eigenvalue weighted by molar-refractivity contribution is -0.141. The molecule has 0 bridgehead atoms. The maximum Gasteiger partial charge on any atom is 0.305 e. The number of carbonyl (C=O) groups is 2. The number of hydrogen-bond donors (Lipinski definition) is 0. The van der Waals surface area contributed by atoms with E-state index in [1.165, 1.54) is 103 Å². The Balaban J connectivity index is 3.05. The largest absolute Gasteiger partial charge is 0.469 e. The summed E-state index contributed by atoms with van der Waals surface area (Å²) in [6, 6.07) is 0. The molecule has 0 fully saturated rings. The van der Waals surface area contributed by atoms with Crippen LogP contribution in [-0.4, -0.2) is 37.7 Å². The predicted octanol–water partition coefficient (Wildman–Crippen LogP) is 7.09. The first-order valence-electron chi connectivity index (χ1n) is 11.9. The number of carbonyl (C=O) groups excluding carboxylic acids is 2. The van der Waals surface area contributed by atoms with Gasteiger partial charge in [-0.15, -0.1) is 0 Å². The van der Waals surface area contributed by atoms with Gasteiger partial charge in [-0.05, 0) is 37.2 Å². The van der Waals surface area contributed by atoms with Gasteiger partial charge in [-0.25, -0.2) is 0 Å². The molecule has 172 valence electrons. The van der Waals surface area contributed by atoms with Crippen molar-refractivity contribution in [2.45, 2.75) is 116 Å². The summed E-state index contributed by atoms with van der Waals surface area (Å²) in [5.41, 5.74) is 0. The second kappa shape index (κ2) is 23.6. The van der Waals surface area contributed by atoms with Gasteiger partial charge < -0.3 is 9.47 Å². The normalized spacial score (nSPS) is 10.8. The second-order valence-corrected chi connectivity index (χ2v) is 9.15. The molecule has 0 aliphatic rings. The van der Waals surface area contributed by atoms with Crippen molar-refractivity contribution in [1.82, 2.24) is 0 Å². The third-order valence-electron chi connectivity index (χ3n) is 5.29. The van der Waals surface area contributed by atoms with E-state index in [0.717, 1.165) is 25.7 Å². The fraction of sp³-hybridized carbons (Fsp3) is 0.917. The molecule has 0 aliphatic carbocycles. The molecule has 0 aromatic heterocycles. The van der Waals surface area contributed by atoms with Crippen LogP contribution in [-0.2, 0) is 19.1 Å². The molecular weight excluding hydrogens is 384 g/mol.